The van der Waals surface area contributed by atoms with Gasteiger partial charge in [-0.15, -0.1) is 0 Å². The fraction of sp³-hybridized carbons (Fsp3) is 0.0222. The molecule has 2 aliphatic rings. The van der Waals surface area contributed by atoms with E-state index in [0.717, 1.165) is 27.9 Å². The maximum Gasteiger partial charge on any atom is 0.164 e. The van der Waals surface area contributed by atoms with Crippen molar-refractivity contribution in [3.63, 3.8) is 0 Å². The highest BCUT2D eigenvalue weighted by molar-refractivity contribution is 7.99. The monoisotopic (exact) mass is 656 g/mol. The van der Waals surface area contributed by atoms with Crippen molar-refractivity contribution in [2.45, 2.75) is 15.2 Å². The second-order valence-electron chi connectivity index (χ2n) is 12.6. The van der Waals surface area contributed by atoms with Crippen molar-refractivity contribution in [2.24, 2.45) is 0 Å². The number of benzene rings is 6. The summed E-state index contributed by atoms with van der Waals surface area (Å²) in [5, 5.41) is 0. The molecule has 4 nitrogen and oxygen atoms in total. The average molecular weight is 657 g/mol. The van der Waals surface area contributed by atoms with E-state index >= 15 is 0 Å². The smallest absolute Gasteiger partial charge is 0.164 e. The molecule has 1 aliphatic heterocycles. The number of aromatic nitrogens is 4. The number of hydrogen-bond donors (Lipinski definition) is 0. The molecule has 0 bridgehead atoms. The SMILES string of the molecule is c1ccc(-c2nc(-c3ccc(-c4ccccn4)cc3)nc(-c3ccc4c(c3)Sc3ccccc3C43c4ccccc4-c4ccccc43)n2)cc1. The van der Waals surface area contributed by atoms with Crippen LogP contribution in [0.25, 0.3) is 56.5 Å². The number of nitrogens with zero attached hydrogens (tertiary/aromatic N) is 4. The van der Waals surface area contributed by atoms with Crippen molar-refractivity contribution in [1.29, 1.82) is 0 Å². The molecule has 1 spiro atoms. The van der Waals surface area contributed by atoms with E-state index in [4.69, 9.17) is 15.0 Å². The van der Waals surface area contributed by atoms with Gasteiger partial charge in [0.1, 0.15) is 0 Å². The summed E-state index contributed by atoms with van der Waals surface area (Å²) in [6.45, 7) is 0. The van der Waals surface area contributed by atoms with Crippen LogP contribution >= 0.6 is 11.8 Å². The largest absolute Gasteiger partial charge is 0.256 e. The first kappa shape index (κ1) is 28.8. The maximum atomic E-state index is 5.11. The van der Waals surface area contributed by atoms with Gasteiger partial charge in [-0.3, -0.25) is 4.98 Å². The number of fused-ring (bicyclic) bond motifs is 9. The van der Waals surface area contributed by atoms with Crippen molar-refractivity contribution < 1.29 is 0 Å². The van der Waals surface area contributed by atoms with Crippen molar-refractivity contribution in [1.82, 2.24) is 19.9 Å². The molecule has 234 valence electrons. The van der Waals surface area contributed by atoms with Gasteiger partial charge in [-0.25, -0.2) is 15.0 Å². The van der Waals surface area contributed by atoms with Gasteiger partial charge in [0.15, 0.2) is 17.5 Å². The van der Waals surface area contributed by atoms with Crippen LogP contribution in [-0.2, 0) is 5.41 Å². The third-order valence-electron chi connectivity index (χ3n) is 9.88. The minimum Gasteiger partial charge on any atom is -0.256 e. The minimum atomic E-state index is -0.419. The minimum absolute atomic E-state index is 0.419. The Hall–Kier alpha value is -6.17. The Morgan fingerprint density at radius 1 is 0.380 bits per heavy atom. The molecule has 6 aromatic carbocycles. The van der Waals surface area contributed by atoms with Crippen LogP contribution in [0.15, 0.2) is 180 Å². The van der Waals surface area contributed by atoms with Crippen LogP contribution in [0.3, 0.4) is 0 Å². The Balaban J connectivity index is 1.15. The second-order valence-corrected chi connectivity index (χ2v) is 13.7. The van der Waals surface area contributed by atoms with Crippen LogP contribution in [0, 0.1) is 0 Å². The molecule has 0 saturated heterocycles. The lowest BCUT2D eigenvalue weighted by molar-refractivity contribution is 0.722. The van der Waals surface area contributed by atoms with E-state index in [1.54, 1.807) is 0 Å². The summed E-state index contributed by atoms with van der Waals surface area (Å²) in [4.78, 5) is 22.2. The summed E-state index contributed by atoms with van der Waals surface area (Å²) in [5.41, 5.74) is 12.2. The fourth-order valence-electron chi connectivity index (χ4n) is 7.67. The molecule has 50 heavy (non-hydrogen) atoms. The Morgan fingerprint density at radius 2 is 0.900 bits per heavy atom. The van der Waals surface area contributed by atoms with E-state index in [2.05, 4.69) is 120 Å². The third-order valence-corrected chi connectivity index (χ3v) is 11.0. The van der Waals surface area contributed by atoms with Gasteiger partial charge in [0.2, 0.25) is 0 Å². The number of rotatable bonds is 4. The average Bonchev–Trinajstić information content (AvgIpc) is 3.49. The molecule has 8 aromatic rings. The standard InChI is InChI=1S/C45H28N4S/c1-2-12-30(13-3-1)42-47-43(31-23-21-29(22-24-31)39-19-10-11-27-46-39)49-44(48-42)32-25-26-38-41(28-32)50-40-20-9-8-18-37(40)45(38)35-16-6-4-14-33(35)34-15-5-7-17-36(34)45/h1-28H. The van der Waals surface area contributed by atoms with E-state index < -0.39 is 5.41 Å². The lowest BCUT2D eigenvalue weighted by atomic mass is 9.67. The van der Waals surface area contributed by atoms with Crippen LogP contribution in [-0.4, -0.2) is 19.9 Å². The first-order valence-corrected chi connectivity index (χ1v) is 17.5. The predicted molar refractivity (Wildman–Crippen MR) is 201 cm³/mol. The lowest BCUT2D eigenvalue weighted by Crippen LogP contribution is -2.31. The first-order chi connectivity index (χ1) is 24.8. The summed E-state index contributed by atoms with van der Waals surface area (Å²) < 4.78 is 0. The van der Waals surface area contributed by atoms with Crippen molar-refractivity contribution in [2.75, 3.05) is 0 Å². The van der Waals surface area contributed by atoms with Crippen molar-refractivity contribution >= 4 is 11.8 Å². The maximum absolute atomic E-state index is 5.11. The van der Waals surface area contributed by atoms with E-state index in [0.29, 0.717) is 17.5 Å². The van der Waals surface area contributed by atoms with Gasteiger partial charge in [0.05, 0.1) is 11.1 Å². The van der Waals surface area contributed by atoms with Gasteiger partial charge < -0.3 is 0 Å². The fourth-order valence-corrected chi connectivity index (χ4v) is 8.91. The zero-order valence-electron chi connectivity index (χ0n) is 26.9. The molecule has 1 aliphatic carbocycles. The van der Waals surface area contributed by atoms with E-state index in [1.165, 1.54) is 43.2 Å². The molecule has 0 fully saturated rings. The van der Waals surface area contributed by atoms with E-state index in [-0.39, 0.29) is 0 Å². The zero-order chi connectivity index (χ0) is 33.1. The van der Waals surface area contributed by atoms with Crippen LogP contribution in [0.4, 0.5) is 0 Å². The quantitative estimate of drug-likeness (QED) is 0.189. The molecule has 0 radical (unpaired) electrons. The molecule has 0 unspecified atom stereocenters. The van der Waals surface area contributed by atoms with Crippen LogP contribution in [0.5, 0.6) is 0 Å². The Bertz CT molecular complexity index is 2520. The van der Waals surface area contributed by atoms with E-state index in [1.807, 2.05) is 66.5 Å². The molecule has 0 saturated carbocycles. The van der Waals surface area contributed by atoms with Gasteiger partial charge in [0.25, 0.3) is 0 Å². The normalized spacial score (nSPS) is 13.3. The van der Waals surface area contributed by atoms with Gasteiger partial charge >= 0.3 is 0 Å². The Labute approximate surface area is 294 Å². The lowest BCUT2D eigenvalue weighted by Gasteiger charge is -2.39. The summed E-state index contributed by atoms with van der Waals surface area (Å²) >= 11 is 1.83. The molecule has 2 aromatic heterocycles. The van der Waals surface area contributed by atoms with Gasteiger partial charge in [-0.1, -0.05) is 151 Å². The first-order valence-electron chi connectivity index (χ1n) is 16.7. The van der Waals surface area contributed by atoms with Crippen LogP contribution in [0.2, 0.25) is 0 Å². The Morgan fingerprint density at radius 3 is 1.58 bits per heavy atom. The zero-order valence-corrected chi connectivity index (χ0v) is 27.7. The molecule has 0 atom stereocenters. The molecule has 3 heterocycles. The molecule has 5 heteroatoms. The highest BCUT2D eigenvalue weighted by Crippen LogP contribution is 2.62. The summed E-state index contributed by atoms with van der Waals surface area (Å²) in [6.07, 6.45) is 1.81. The number of pyridine rings is 1. The van der Waals surface area contributed by atoms with Gasteiger partial charge in [-0.2, -0.15) is 0 Å². The highest BCUT2D eigenvalue weighted by Gasteiger charge is 2.50. The number of hydrogen-bond acceptors (Lipinski definition) is 5. The molecule has 10 rings (SSSR count). The van der Waals surface area contributed by atoms with Crippen molar-refractivity contribution in [3.8, 4) is 56.5 Å². The van der Waals surface area contributed by atoms with Gasteiger partial charge in [-0.05, 0) is 57.6 Å². The highest BCUT2D eigenvalue weighted by atomic mass is 32.2. The summed E-state index contributed by atoms with van der Waals surface area (Å²) in [7, 11) is 0. The third kappa shape index (κ3) is 4.40. The van der Waals surface area contributed by atoms with E-state index in [9.17, 15) is 0 Å². The molecular weight excluding hydrogens is 629 g/mol. The van der Waals surface area contributed by atoms with Crippen LogP contribution in [0.1, 0.15) is 22.3 Å². The van der Waals surface area contributed by atoms with Crippen LogP contribution < -0.4 is 0 Å². The molecule has 0 N–H and O–H groups in total. The van der Waals surface area contributed by atoms with Gasteiger partial charge in [0, 0.05) is 38.2 Å². The molecular formula is C45H28N4S. The second kappa shape index (κ2) is 11.5. The summed E-state index contributed by atoms with van der Waals surface area (Å²) in [5.74, 6) is 1.92. The summed E-state index contributed by atoms with van der Waals surface area (Å²) in [6, 6.07) is 57.8. The Kier molecular flexibility index (Phi) is 6.61. The topological polar surface area (TPSA) is 51.6 Å². The van der Waals surface area contributed by atoms with Crippen molar-refractivity contribution in [3.05, 3.63) is 192 Å². The molecule has 0 amide bonds. The predicted octanol–water partition coefficient (Wildman–Crippen LogP) is 10.8.